The van der Waals surface area contributed by atoms with E-state index in [2.05, 4.69) is 20.3 Å². The molecule has 0 saturated carbocycles. The van der Waals surface area contributed by atoms with Crippen LogP contribution < -0.4 is 14.8 Å². The number of methoxy groups -OCH3 is 1. The Bertz CT molecular complexity index is 883. The Labute approximate surface area is 159 Å². The highest BCUT2D eigenvalue weighted by Gasteiger charge is 2.11. The number of hydrogen-bond donors (Lipinski definition) is 1. The second kappa shape index (κ2) is 8.49. The van der Waals surface area contributed by atoms with Crippen LogP contribution in [0.2, 0.25) is 0 Å². The number of benzene rings is 1. The smallest absolute Gasteiger partial charge is 0.163 e. The van der Waals surface area contributed by atoms with Gasteiger partial charge in [0.05, 0.1) is 13.7 Å². The topological polar surface area (TPSA) is 69.2 Å². The quantitative estimate of drug-likeness (QED) is 0.682. The van der Waals surface area contributed by atoms with Crippen molar-refractivity contribution in [3.8, 4) is 22.9 Å². The highest BCUT2D eigenvalue weighted by molar-refractivity contribution is 5.58. The van der Waals surface area contributed by atoms with Gasteiger partial charge >= 0.3 is 0 Å². The van der Waals surface area contributed by atoms with Crippen LogP contribution in [-0.2, 0) is 0 Å². The number of aryl methyl sites for hydroxylation is 1. The summed E-state index contributed by atoms with van der Waals surface area (Å²) < 4.78 is 11.1. The summed E-state index contributed by atoms with van der Waals surface area (Å²) in [6.45, 7) is 6.64. The molecule has 1 atom stereocenters. The molecule has 0 spiro atoms. The van der Waals surface area contributed by atoms with Crippen molar-refractivity contribution in [1.82, 2.24) is 15.0 Å². The normalized spacial score (nSPS) is 11.7. The van der Waals surface area contributed by atoms with Crippen molar-refractivity contribution in [1.29, 1.82) is 0 Å². The lowest BCUT2D eigenvalue weighted by Crippen LogP contribution is -2.23. The molecule has 140 valence electrons. The molecule has 0 amide bonds. The van der Waals surface area contributed by atoms with Gasteiger partial charge in [0, 0.05) is 29.2 Å². The van der Waals surface area contributed by atoms with Gasteiger partial charge < -0.3 is 14.8 Å². The standard InChI is InChI=1S/C21H24N4O2/c1-14(27-19-9-7-18(26-4)8-10-19)12-23-20-15(2)16(3)24-21(25-20)17-6-5-11-22-13-17/h5-11,13-14H,12H2,1-4H3,(H,23,24,25). The van der Waals surface area contributed by atoms with Crippen molar-refractivity contribution >= 4 is 5.82 Å². The third kappa shape index (κ3) is 4.73. The van der Waals surface area contributed by atoms with E-state index in [1.807, 2.05) is 57.2 Å². The summed E-state index contributed by atoms with van der Waals surface area (Å²) in [7, 11) is 1.65. The first-order valence-electron chi connectivity index (χ1n) is 8.87. The Kier molecular flexibility index (Phi) is 5.86. The van der Waals surface area contributed by atoms with Gasteiger partial charge in [-0.15, -0.1) is 0 Å². The number of anilines is 1. The number of nitrogens with one attached hydrogen (secondary N) is 1. The van der Waals surface area contributed by atoms with Gasteiger partial charge in [0.1, 0.15) is 23.4 Å². The minimum absolute atomic E-state index is 0.0325. The number of ether oxygens (including phenoxy) is 2. The average Bonchev–Trinajstić information content (AvgIpc) is 2.70. The summed E-state index contributed by atoms with van der Waals surface area (Å²) >= 11 is 0. The summed E-state index contributed by atoms with van der Waals surface area (Å²) in [6.07, 6.45) is 3.47. The first-order valence-corrected chi connectivity index (χ1v) is 8.87. The molecular formula is C21H24N4O2. The van der Waals surface area contributed by atoms with Crippen LogP contribution in [0.4, 0.5) is 5.82 Å². The largest absolute Gasteiger partial charge is 0.497 e. The maximum Gasteiger partial charge on any atom is 0.163 e. The summed E-state index contributed by atoms with van der Waals surface area (Å²) in [4.78, 5) is 13.4. The SMILES string of the molecule is COc1ccc(OC(C)CNc2nc(-c3cccnc3)nc(C)c2C)cc1. The van der Waals surface area contributed by atoms with Crippen LogP contribution in [0.25, 0.3) is 11.4 Å². The van der Waals surface area contributed by atoms with E-state index < -0.39 is 0 Å². The number of aromatic nitrogens is 3. The van der Waals surface area contributed by atoms with Gasteiger partial charge in [0.15, 0.2) is 5.82 Å². The fourth-order valence-electron chi connectivity index (χ4n) is 2.59. The van der Waals surface area contributed by atoms with Gasteiger partial charge in [0.2, 0.25) is 0 Å². The van der Waals surface area contributed by atoms with Gasteiger partial charge in [-0.25, -0.2) is 9.97 Å². The Hall–Kier alpha value is -3.15. The molecular weight excluding hydrogens is 340 g/mol. The number of rotatable bonds is 7. The molecule has 6 heteroatoms. The number of pyridine rings is 1. The summed E-state index contributed by atoms with van der Waals surface area (Å²) in [5.74, 6) is 3.09. The monoisotopic (exact) mass is 364 g/mol. The Morgan fingerprint density at radius 3 is 2.44 bits per heavy atom. The molecule has 1 unspecified atom stereocenters. The number of nitrogens with zero attached hydrogens (tertiary/aromatic N) is 3. The van der Waals surface area contributed by atoms with Crippen LogP contribution in [0.15, 0.2) is 48.8 Å². The van der Waals surface area contributed by atoms with Crippen molar-refractivity contribution < 1.29 is 9.47 Å². The summed E-state index contributed by atoms with van der Waals surface area (Å²) in [5.41, 5.74) is 2.86. The van der Waals surface area contributed by atoms with Crippen LogP contribution in [0.1, 0.15) is 18.2 Å². The molecule has 0 aliphatic carbocycles. The molecule has 0 aliphatic rings. The zero-order valence-electron chi connectivity index (χ0n) is 16.1. The molecule has 2 heterocycles. The third-order valence-corrected chi connectivity index (χ3v) is 4.26. The zero-order chi connectivity index (χ0) is 19.2. The van der Waals surface area contributed by atoms with Gasteiger partial charge in [-0.3, -0.25) is 4.98 Å². The summed E-state index contributed by atoms with van der Waals surface area (Å²) in [6, 6.07) is 11.4. The minimum Gasteiger partial charge on any atom is -0.497 e. The van der Waals surface area contributed by atoms with Gasteiger partial charge in [-0.05, 0) is 57.2 Å². The van der Waals surface area contributed by atoms with Gasteiger partial charge in [-0.1, -0.05) is 0 Å². The molecule has 1 N–H and O–H groups in total. The molecule has 0 radical (unpaired) electrons. The first kappa shape index (κ1) is 18.6. The molecule has 6 nitrogen and oxygen atoms in total. The van der Waals surface area contributed by atoms with Gasteiger partial charge in [-0.2, -0.15) is 0 Å². The highest BCUT2D eigenvalue weighted by atomic mass is 16.5. The second-order valence-electron chi connectivity index (χ2n) is 6.33. The fourth-order valence-corrected chi connectivity index (χ4v) is 2.59. The predicted octanol–water partition coefficient (Wildman–Crippen LogP) is 4.04. The Morgan fingerprint density at radius 1 is 1.04 bits per heavy atom. The third-order valence-electron chi connectivity index (χ3n) is 4.26. The van der Waals surface area contributed by atoms with E-state index >= 15 is 0 Å². The van der Waals surface area contributed by atoms with Crippen LogP contribution in [0.3, 0.4) is 0 Å². The molecule has 3 rings (SSSR count). The van der Waals surface area contributed by atoms with Crippen molar-refractivity contribution in [2.75, 3.05) is 19.0 Å². The second-order valence-corrected chi connectivity index (χ2v) is 6.33. The van der Waals surface area contributed by atoms with Crippen molar-refractivity contribution in [2.45, 2.75) is 26.9 Å². The van der Waals surface area contributed by atoms with Crippen LogP contribution in [-0.4, -0.2) is 34.7 Å². The molecule has 1 aromatic carbocycles. The molecule has 0 aliphatic heterocycles. The van der Waals surface area contributed by atoms with E-state index in [-0.39, 0.29) is 6.10 Å². The van der Waals surface area contributed by atoms with Crippen molar-refractivity contribution in [3.63, 3.8) is 0 Å². The van der Waals surface area contributed by atoms with E-state index in [9.17, 15) is 0 Å². The van der Waals surface area contributed by atoms with Crippen LogP contribution >= 0.6 is 0 Å². The lowest BCUT2D eigenvalue weighted by atomic mass is 10.2. The van der Waals surface area contributed by atoms with Crippen molar-refractivity contribution in [3.05, 3.63) is 60.0 Å². The van der Waals surface area contributed by atoms with E-state index in [0.29, 0.717) is 12.4 Å². The maximum atomic E-state index is 5.95. The zero-order valence-corrected chi connectivity index (χ0v) is 16.1. The molecule has 0 saturated heterocycles. The maximum absolute atomic E-state index is 5.95. The Balaban J connectivity index is 1.68. The lowest BCUT2D eigenvalue weighted by molar-refractivity contribution is 0.234. The predicted molar refractivity (Wildman–Crippen MR) is 106 cm³/mol. The first-order chi connectivity index (χ1) is 13.1. The van der Waals surface area contributed by atoms with E-state index in [0.717, 1.165) is 34.1 Å². The van der Waals surface area contributed by atoms with Crippen LogP contribution in [0, 0.1) is 13.8 Å². The van der Waals surface area contributed by atoms with Crippen LogP contribution in [0.5, 0.6) is 11.5 Å². The van der Waals surface area contributed by atoms with Gasteiger partial charge in [0.25, 0.3) is 0 Å². The molecule has 2 aromatic heterocycles. The minimum atomic E-state index is -0.0325. The molecule has 27 heavy (non-hydrogen) atoms. The fraction of sp³-hybridized carbons (Fsp3) is 0.286. The molecule has 3 aromatic rings. The lowest BCUT2D eigenvalue weighted by Gasteiger charge is -2.18. The van der Waals surface area contributed by atoms with E-state index in [4.69, 9.17) is 9.47 Å². The molecule has 0 fully saturated rings. The van der Waals surface area contributed by atoms with E-state index in [1.54, 1.807) is 19.5 Å². The van der Waals surface area contributed by atoms with Crippen molar-refractivity contribution in [2.24, 2.45) is 0 Å². The summed E-state index contributed by atoms with van der Waals surface area (Å²) in [5, 5.41) is 3.39. The average molecular weight is 364 g/mol. The Morgan fingerprint density at radius 2 is 1.78 bits per heavy atom. The molecule has 0 bridgehead atoms. The number of hydrogen-bond acceptors (Lipinski definition) is 6. The van der Waals surface area contributed by atoms with E-state index in [1.165, 1.54) is 0 Å². The highest BCUT2D eigenvalue weighted by Crippen LogP contribution is 2.22.